The molecule has 0 saturated carbocycles. The number of benzene rings is 2. The van der Waals surface area contributed by atoms with Crippen LogP contribution < -0.4 is 9.47 Å². The van der Waals surface area contributed by atoms with Gasteiger partial charge in [0.05, 0.1) is 27.5 Å². The highest BCUT2D eigenvalue weighted by Crippen LogP contribution is 2.31. The van der Waals surface area contributed by atoms with Gasteiger partial charge in [0.2, 0.25) is 0 Å². The molecule has 0 saturated heterocycles. The van der Waals surface area contributed by atoms with Gasteiger partial charge in [0, 0.05) is 20.0 Å². The highest BCUT2D eigenvalue weighted by Gasteiger charge is 2.10. The van der Waals surface area contributed by atoms with E-state index in [2.05, 4.69) is 160 Å². The van der Waals surface area contributed by atoms with Gasteiger partial charge in [-0.2, -0.15) is 0 Å². The molecule has 330 valence electrons. The molecule has 0 aromatic heterocycles. The Kier molecular flexibility index (Phi) is 36.1. The van der Waals surface area contributed by atoms with Crippen LogP contribution in [0, 0.1) is 21.4 Å². The van der Waals surface area contributed by atoms with Gasteiger partial charge in [-0.15, -0.1) is 0 Å². The normalized spacial score (nSPS) is 11.2. The minimum Gasteiger partial charge on any atom is -0.491 e. The third-order valence-corrected chi connectivity index (χ3v) is 14.5. The number of halogens is 6. The first-order valence-corrected chi connectivity index (χ1v) is 28.5. The van der Waals surface area contributed by atoms with E-state index in [9.17, 15) is 9.59 Å². The molecule has 2 rings (SSSR count). The van der Waals surface area contributed by atoms with Gasteiger partial charge in [-0.1, -0.05) is 141 Å². The Morgan fingerprint density at radius 1 is 0.328 bits per heavy atom. The lowest BCUT2D eigenvalue weighted by Crippen LogP contribution is -2.13. The van der Waals surface area contributed by atoms with E-state index in [1.54, 1.807) is 0 Å². The zero-order valence-electron chi connectivity index (χ0n) is 34.7. The van der Waals surface area contributed by atoms with Crippen LogP contribution in [0.3, 0.4) is 0 Å². The highest BCUT2D eigenvalue weighted by atomic mass is 127. The Morgan fingerprint density at radius 3 is 0.810 bits per heavy atom. The fourth-order valence-electron chi connectivity index (χ4n) is 6.77. The van der Waals surface area contributed by atoms with Gasteiger partial charge < -0.3 is 18.9 Å². The standard InChI is InChI=1S/C46H68I6O6/c47-37-33-39(49)45(40(50)34-37)57-29-25-21-17-13-9-5-1-3-7-11-15-19-23-27-43(53)55-31-32-56-44(54)28-24-20-16-12-8-4-2-6-10-14-18-22-26-30-58-46-41(51)35-38(48)36-42(46)52/h33-36H,1-32H2. The first kappa shape index (κ1) is 55.5. The van der Waals surface area contributed by atoms with Crippen LogP contribution >= 0.6 is 136 Å². The molecule has 2 aromatic rings. The first-order valence-electron chi connectivity index (χ1n) is 22.0. The van der Waals surface area contributed by atoms with E-state index in [1.165, 1.54) is 150 Å². The molecule has 0 atom stereocenters. The summed E-state index contributed by atoms with van der Waals surface area (Å²) in [5, 5.41) is 0. The van der Waals surface area contributed by atoms with Gasteiger partial charge in [-0.3, -0.25) is 9.59 Å². The van der Waals surface area contributed by atoms with Gasteiger partial charge in [-0.25, -0.2) is 0 Å². The van der Waals surface area contributed by atoms with E-state index in [0.29, 0.717) is 12.8 Å². The third kappa shape index (κ3) is 29.7. The quantitative estimate of drug-likeness (QED) is 0.0381. The summed E-state index contributed by atoms with van der Waals surface area (Å²) in [6.45, 7) is 1.94. The number of unbranched alkanes of at least 4 members (excludes halogenated alkanes) is 24. The van der Waals surface area contributed by atoms with Gasteiger partial charge in [-0.05, 0) is 185 Å². The topological polar surface area (TPSA) is 71.1 Å². The molecular weight excluding hydrogens is 1410 g/mol. The Labute approximate surface area is 433 Å². The van der Waals surface area contributed by atoms with Gasteiger partial charge in [0.1, 0.15) is 24.7 Å². The molecule has 0 N–H and O–H groups in total. The number of carbonyl (C=O) groups is 2. The van der Waals surface area contributed by atoms with E-state index in [1.807, 2.05) is 0 Å². The predicted molar refractivity (Wildman–Crippen MR) is 291 cm³/mol. The summed E-state index contributed by atoms with van der Waals surface area (Å²) in [6, 6.07) is 8.68. The van der Waals surface area contributed by atoms with Crippen LogP contribution in [0.5, 0.6) is 11.5 Å². The third-order valence-electron chi connectivity index (χ3n) is 10.1. The van der Waals surface area contributed by atoms with Gasteiger partial charge >= 0.3 is 11.9 Å². The number of hydrogen-bond acceptors (Lipinski definition) is 6. The van der Waals surface area contributed by atoms with Crippen LogP contribution in [0.4, 0.5) is 0 Å². The summed E-state index contributed by atoms with van der Waals surface area (Å²) in [7, 11) is 0. The van der Waals surface area contributed by atoms with Crippen molar-refractivity contribution in [1.82, 2.24) is 0 Å². The molecule has 6 nitrogen and oxygen atoms in total. The molecule has 58 heavy (non-hydrogen) atoms. The fraction of sp³-hybridized carbons (Fsp3) is 0.696. The molecule has 0 bridgehead atoms. The number of hydrogen-bond donors (Lipinski definition) is 0. The Bertz CT molecular complexity index is 1240. The maximum Gasteiger partial charge on any atom is 0.305 e. The van der Waals surface area contributed by atoms with Crippen LogP contribution in [-0.2, 0) is 19.1 Å². The van der Waals surface area contributed by atoms with Crippen LogP contribution in [0.25, 0.3) is 0 Å². The van der Waals surface area contributed by atoms with E-state index in [-0.39, 0.29) is 25.2 Å². The predicted octanol–water partition coefficient (Wildman–Crippen LogP) is 16.8. The minimum atomic E-state index is -0.181. The van der Waals surface area contributed by atoms with Crippen LogP contribution in [0.1, 0.15) is 180 Å². The smallest absolute Gasteiger partial charge is 0.305 e. The molecule has 0 aliphatic heterocycles. The monoisotopic (exact) mass is 1480 g/mol. The Morgan fingerprint density at radius 2 is 0.552 bits per heavy atom. The fourth-order valence-corrected chi connectivity index (χ4v) is 14.6. The van der Waals surface area contributed by atoms with Crippen molar-refractivity contribution in [2.75, 3.05) is 26.4 Å². The maximum absolute atomic E-state index is 12.0. The number of rotatable bonds is 37. The summed E-state index contributed by atoms with van der Waals surface area (Å²) < 4.78 is 29.9. The molecule has 2 aromatic carbocycles. The highest BCUT2D eigenvalue weighted by molar-refractivity contribution is 14.1. The summed E-state index contributed by atoms with van der Waals surface area (Å²) in [6.07, 6.45) is 32.9. The SMILES string of the molecule is O=C(CCCCCCCCCCCCCCCOc1c(I)cc(I)cc1I)OCCOC(=O)CCCCCCCCCCCCCCCOc1c(I)cc(I)cc1I. The molecule has 0 unspecified atom stereocenters. The Hall–Kier alpha value is 1.36. The van der Waals surface area contributed by atoms with Crippen molar-refractivity contribution >= 4 is 147 Å². The second-order valence-corrected chi connectivity index (χ2v) is 22.4. The van der Waals surface area contributed by atoms with Crippen LogP contribution in [-0.4, -0.2) is 38.4 Å². The van der Waals surface area contributed by atoms with Crippen molar-refractivity contribution < 1.29 is 28.5 Å². The number of ether oxygens (including phenoxy) is 4. The van der Waals surface area contributed by atoms with Crippen LogP contribution in [0.2, 0.25) is 0 Å². The van der Waals surface area contributed by atoms with E-state index >= 15 is 0 Å². The molecule has 0 radical (unpaired) electrons. The van der Waals surface area contributed by atoms with E-state index in [4.69, 9.17) is 18.9 Å². The first-order chi connectivity index (χ1) is 28.2. The molecule has 0 aliphatic carbocycles. The molecule has 0 amide bonds. The van der Waals surface area contributed by atoms with Crippen molar-refractivity contribution in [2.24, 2.45) is 0 Å². The second-order valence-electron chi connectivity index (χ2n) is 15.2. The summed E-state index contributed by atoms with van der Waals surface area (Å²) >= 11 is 14.2. The lowest BCUT2D eigenvalue weighted by molar-refractivity contribution is -0.152. The number of carbonyl (C=O) groups excluding carboxylic acids is 2. The molecule has 0 fully saturated rings. The van der Waals surface area contributed by atoms with E-state index < -0.39 is 0 Å². The molecule has 12 heteroatoms. The van der Waals surface area contributed by atoms with Crippen molar-refractivity contribution in [2.45, 2.75) is 180 Å². The Balaban J connectivity index is 1.23. The molecule has 0 heterocycles. The zero-order chi connectivity index (χ0) is 42.1. The van der Waals surface area contributed by atoms with Gasteiger partial charge in [0.25, 0.3) is 0 Å². The summed E-state index contributed by atoms with van der Waals surface area (Å²) in [4.78, 5) is 24.1. The lowest BCUT2D eigenvalue weighted by Gasteiger charge is -2.11. The summed E-state index contributed by atoms with van der Waals surface area (Å²) in [5.41, 5.74) is 0. The molecule has 0 aliphatic rings. The minimum absolute atomic E-state index is 0.161. The van der Waals surface area contributed by atoms with Gasteiger partial charge in [0.15, 0.2) is 0 Å². The lowest BCUT2D eigenvalue weighted by atomic mass is 10.0. The van der Waals surface area contributed by atoms with E-state index in [0.717, 1.165) is 63.2 Å². The maximum atomic E-state index is 12.0. The average Bonchev–Trinajstić information content (AvgIpc) is 3.17. The van der Waals surface area contributed by atoms with Crippen molar-refractivity contribution in [3.8, 4) is 11.5 Å². The van der Waals surface area contributed by atoms with Crippen molar-refractivity contribution in [1.29, 1.82) is 0 Å². The van der Waals surface area contributed by atoms with Crippen molar-refractivity contribution in [3.05, 3.63) is 45.7 Å². The number of esters is 2. The zero-order valence-corrected chi connectivity index (χ0v) is 47.6. The molecular formula is C46H68I6O6. The van der Waals surface area contributed by atoms with Crippen LogP contribution in [0.15, 0.2) is 24.3 Å². The van der Waals surface area contributed by atoms with Crippen molar-refractivity contribution in [3.63, 3.8) is 0 Å². The largest absolute Gasteiger partial charge is 0.491 e. The summed E-state index contributed by atoms with van der Waals surface area (Å²) in [5.74, 6) is 1.72. The molecule has 0 spiro atoms. The second kappa shape index (κ2) is 37.7. The average molecular weight is 1480 g/mol.